The van der Waals surface area contributed by atoms with Crippen molar-refractivity contribution in [2.75, 3.05) is 0 Å². The molecule has 0 aliphatic rings. The molecule has 0 bridgehead atoms. The highest BCUT2D eigenvalue weighted by molar-refractivity contribution is 5.97. The number of nitrogens with zero attached hydrogens (tertiary/aromatic N) is 4. The van der Waals surface area contributed by atoms with Crippen molar-refractivity contribution in [2.45, 2.75) is 58.8 Å². The van der Waals surface area contributed by atoms with E-state index in [1.807, 2.05) is 42.5 Å². The number of nitrogens with one attached hydrogen (secondary N) is 1. The Morgan fingerprint density at radius 3 is 2.60 bits per heavy atom. The Morgan fingerprint density at radius 2 is 1.84 bits per heavy atom. The van der Waals surface area contributed by atoms with Gasteiger partial charge in [0.15, 0.2) is 18.1 Å². The molecule has 5 rings (SSSR count). The highest BCUT2D eigenvalue weighted by atomic mass is 19.1. The monoisotopic (exact) mass is 583 g/mol. The lowest BCUT2D eigenvalue weighted by Gasteiger charge is -2.16. The largest absolute Gasteiger partial charge is 0.504 e. The molecule has 0 radical (unpaired) electrons. The Hall–Kier alpha value is -4.99. The minimum atomic E-state index is -0.558. The standard InChI is InChI=1S/C33H34FN5O4/c1-3-4-8-22(2)25-13-16-30-28(17-25)37-38-39(30)43-21-29-32(42-20-24-9-6-5-7-10-24)31(40)27(19-35-29)33(41)36-18-23-11-14-26(34)15-12-23/h5-7,9-17,19,22H,3-4,8,18,20-21H2,1-2H3,(H,35,40)(H,36,41). The zero-order chi connectivity index (χ0) is 30.2. The molecule has 5 aromatic rings. The molecule has 222 valence electrons. The summed E-state index contributed by atoms with van der Waals surface area (Å²) in [4.78, 5) is 24.6. The number of aromatic hydroxyl groups is 1. The number of ether oxygens (including phenoxy) is 1. The first-order valence-corrected chi connectivity index (χ1v) is 14.3. The number of carbonyl (C=O) groups excluding carboxylic acids is 1. The zero-order valence-corrected chi connectivity index (χ0v) is 24.2. The van der Waals surface area contributed by atoms with Crippen LogP contribution in [0.2, 0.25) is 0 Å². The Kier molecular flexibility index (Phi) is 9.46. The van der Waals surface area contributed by atoms with Crippen molar-refractivity contribution < 1.29 is 23.9 Å². The average Bonchev–Trinajstić information content (AvgIpc) is 3.44. The average molecular weight is 584 g/mol. The van der Waals surface area contributed by atoms with E-state index in [9.17, 15) is 14.3 Å². The maximum Gasteiger partial charge on any atom is 0.257 e. The maximum absolute atomic E-state index is 13.2. The van der Waals surface area contributed by atoms with Crippen molar-refractivity contribution in [3.63, 3.8) is 0 Å². The van der Waals surface area contributed by atoms with Crippen LogP contribution in [0.4, 0.5) is 4.39 Å². The number of hydrogen-bond acceptors (Lipinski definition) is 7. The van der Waals surface area contributed by atoms with Crippen molar-refractivity contribution in [1.82, 2.24) is 25.5 Å². The second-order valence-electron chi connectivity index (χ2n) is 10.4. The number of amides is 1. The van der Waals surface area contributed by atoms with Crippen LogP contribution in [0.25, 0.3) is 11.0 Å². The molecule has 1 atom stereocenters. The molecule has 0 saturated carbocycles. The summed E-state index contributed by atoms with van der Waals surface area (Å²) in [5.41, 5.74) is 4.39. The van der Waals surface area contributed by atoms with Crippen LogP contribution in [0.15, 0.2) is 79.0 Å². The summed E-state index contributed by atoms with van der Waals surface area (Å²) in [6.45, 7) is 4.56. The first-order valence-electron chi connectivity index (χ1n) is 14.3. The van der Waals surface area contributed by atoms with Gasteiger partial charge in [-0.15, -0.1) is 5.10 Å². The molecule has 0 aliphatic heterocycles. The molecular formula is C33H34FN5O4. The Morgan fingerprint density at radius 1 is 1.05 bits per heavy atom. The van der Waals surface area contributed by atoms with Crippen LogP contribution in [-0.4, -0.2) is 31.2 Å². The smallest absolute Gasteiger partial charge is 0.257 e. The van der Waals surface area contributed by atoms with E-state index in [0.29, 0.717) is 22.5 Å². The lowest BCUT2D eigenvalue weighted by atomic mass is 9.95. The molecular weight excluding hydrogens is 549 g/mol. The quantitative estimate of drug-likeness (QED) is 0.172. The molecule has 43 heavy (non-hydrogen) atoms. The Labute approximate surface area is 249 Å². The van der Waals surface area contributed by atoms with Crippen LogP contribution >= 0.6 is 0 Å². The van der Waals surface area contributed by atoms with Crippen molar-refractivity contribution in [1.29, 1.82) is 0 Å². The summed E-state index contributed by atoms with van der Waals surface area (Å²) in [5, 5.41) is 22.3. The molecule has 1 amide bonds. The number of unbranched alkanes of at least 4 members (excludes halogenated alkanes) is 1. The van der Waals surface area contributed by atoms with Gasteiger partial charge in [0.2, 0.25) is 0 Å². The van der Waals surface area contributed by atoms with E-state index in [1.54, 1.807) is 12.1 Å². The number of rotatable bonds is 13. The second kappa shape index (κ2) is 13.8. The number of benzene rings is 3. The summed E-state index contributed by atoms with van der Waals surface area (Å²) in [6.07, 6.45) is 4.69. The normalized spacial score (nSPS) is 11.8. The fourth-order valence-corrected chi connectivity index (χ4v) is 4.67. The van der Waals surface area contributed by atoms with E-state index < -0.39 is 5.91 Å². The first kappa shape index (κ1) is 29.5. The van der Waals surface area contributed by atoms with Crippen LogP contribution in [0.3, 0.4) is 0 Å². The lowest BCUT2D eigenvalue weighted by molar-refractivity contribution is 0.0707. The zero-order valence-electron chi connectivity index (χ0n) is 24.2. The number of hydrogen-bond donors (Lipinski definition) is 2. The minimum absolute atomic E-state index is 0.0229. The van der Waals surface area contributed by atoms with E-state index in [2.05, 4.69) is 40.5 Å². The molecule has 9 nitrogen and oxygen atoms in total. The molecule has 0 spiro atoms. The molecule has 2 N–H and O–H groups in total. The molecule has 2 heterocycles. The molecule has 2 aromatic heterocycles. The highest BCUT2D eigenvalue weighted by Crippen LogP contribution is 2.34. The van der Waals surface area contributed by atoms with Gasteiger partial charge in [-0.2, -0.15) is 0 Å². The number of carbonyl (C=O) groups is 1. The summed E-state index contributed by atoms with van der Waals surface area (Å²) in [5.74, 6) is -0.850. The van der Waals surface area contributed by atoms with E-state index in [1.165, 1.54) is 28.7 Å². The van der Waals surface area contributed by atoms with Crippen molar-refractivity contribution in [3.8, 4) is 11.5 Å². The second-order valence-corrected chi connectivity index (χ2v) is 10.4. The number of halogens is 1. The van der Waals surface area contributed by atoms with Gasteiger partial charge in [-0.3, -0.25) is 9.78 Å². The van der Waals surface area contributed by atoms with Crippen LogP contribution in [0.1, 0.15) is 71.8 Å². The minimum Gasteiger partial charge on any atom is -0.504 e. The third-order valence-corrected chi connectivity index (χ3v) is 7.24. The molecule has 0 fully saturated rings. The van der Waals surface area contributed by atoms with Gasteiger partial charge in [0, 0.05) is 12.7 Å². The topological polar surface area (TPSA) is 111 Å². The number of pyridine rings is 1. The predicted molar refractivity (Wildman–Crippen MR) is 160 cm³/mol. The lowest BCUT2D eigenvalue weighted by Crippen LogP contribution is -2.23. The number of fused-ring (bicyclic) bond motifs is 1. The Bertz CT molecular complexity index is 1670. The third-order valence-electron chi connectivity index (χ3n) is 7.24. The van der Waals surface area contributed by atoms with E-state index in [-0.39, 0.29) is 48.3 Å². The van der Waals surface area contributed by atoms with Crippen molar-refractivity contribution >= 4 is 16.9 Å². The molecule has 0 saturated heterocycles. The summed E-state index contributed by atoms with van der Waals surface area (Å²) in [7, 11) is 0. The van der Waals surface area contributed by atoms with Gasteiger partial charge in [0.05, 0.1) is 0 Å². The SMILES string of the molecule is CCCCC(C)c1ccc2c(c1)nnn2OCc1ncc(C(=O)NCc2ccc(F)cc2)c(O)c1OCc1ccccc1. The van der Waals surface area contributed by atoms with Gasteiger partial charge in [0.1, 0.15) is 34.7 Å². The van der Waals surface area contributed by atoms with Gasteiger partial charge >= 0.3 is 0 Å². The molecule has 3 aromatic carbocycles. The third kappa shape index (κ3) is 7.27. The molecule has 10 heteroatoms. The fraction of sp³-hybridized carbons (Fsp3) is 0.273. The molecule has 1 unspecified atom stereocenters. The number of aromatic nitrogens is 4. The van der Waals surface area contributed by atoms with Gasteiger partial charge in [-0.05, 0) is 58.5 Å². The van der Waals surface area contributed by atoms with E-state index >= 15 is 0 Å². The highest BCUT2D eigenvalue weighted by Gasteiger charge is 2.22. The van der Waals surface area contributed by atoms with Gasteiger partial charge in [0.25, 0.3) is 5.91 Å². The fourth-order valence-electron chi connectivity index (χ4n) is 4.67. The van der Waals surface area contributed by atoms with Crippen LogP contribution in [0, 0.1) is 5.82 Å². The molecule has 0 aliphatic carbocycles. The van der Waals surface area contributed by atoms with Gasteiger partial charge in [-0.1, -0.05) is 80.1 Å². The predicted octanol–water partition coefficient (Wildman–Crippen LogP) is 6.10. The van der Waals surface area contributed by atoms with Crippen LogP contribution in [-0.2, 0) is 19.8 Å². The van der Waals surface area contributed by atoms with Crippen LogP contribution in [0.5, 0.6) is 11.5 Å². The van der Waals surface area contributed by atoms with Crippen molar-refractivity contribution in [3.05, 3.63) is 113 Å². The van der Waals surface area contributed by atoms with E-state index in [0.717, 1.165) is 24.8 Å². The summed E-state index contributed by atoms with van der Waals surface area (Å²) >= 11 is 0. The summed E-state index contributed by atoms with van der Waals surface area (Å²) < 4.78 is 19.2. The Balaban J connectivity index is 1.35. The first-order chi connectivity index (χ1) is 20.9. The van der Waals surface area contributed by atoms with Gasteiger partial charge in [-0.25, -0.2) is 4.39 Å². The van der Waals surface area contributed by atoms with Crippen molar-refractivity contribution in [2.24, 2.45) is 0 Å². The summed E-state index contributed by atoms with van der Waals surface area (Å²) in [6, 6.07) is 21.2. The maximum atomic E-state index is 13.2. The van der Waals surface area contributed by atoms with Crippen LogP contribution < -0.4 is 14.9 Å². The van der Waals surface area contributed by atoms with Gasteiger partial charge < -0.3 is 20.0 Å². The van der Waals surface area contributed by atoms with E-state index in [4.69, 9.17) is 9.57 Å².